The average Bonchev–Trinajstić information content (AvgIpc) is 2.50. The zero-order valence-electron chi connectivity index (χ0n) is 12.1. The summed E-state index contributed by atoms with van der Waals surface area (Å²) < 4.78 is 11.3. The van der Waals surface area contributed by atoms with Crippen LogP contribution < -0.4 is 20.1 Å². The van der Waals surface area contributed by atoms with E-state index in [0.29, 0.717) is 23.3 Å². The third kappa shape index (κ3) is 3.75. The van der Waals surface area contributed by atoms with Crippen molar-refractivity contribution in [3.63, 3.8) is 0 Å². The maximum Gasteiger partial charge on any atom is 0.224 e. The Morgan fingerprint density at radius 1 is 1.19 bits per heavy atom. The van der Waals surface area contributed by atoms with Gasteiger partial charge in [0.05, 0.1) is 18.7 Å². The van der Waals surface area contributed by atoms with Gasteiger partial charge < -0.3 is 20.1 Å². The molecule has 6 nitrogen and oxygen atoms in total. The van der Waals surface area contributed by atoms with Crippen LogP contribution in [0.25, 0.3) is 0 Å². The number of halogens is 1. The largest absolute Gasteiger partial charge is 0.493 e. The van der Waals surface area contributed by atoms with Crippen molar-refractivity contribution in [3.8, 4) is 11.5 Å². The van der Waals surface area contributed by atoms with Crippen LogP contribution in [0.15, 0.2) is 28.9 Å². The van der Waals surface area contributed by atoms with E-state index < -0.39 is 0 Å². The summed E-state index contributed by atoms with van der Waals surface area (Å²) in [5.41, 5.74) is 0.842. The van der Waals surface area contributed by atoms with Gasteiger partial charge in [0.2, 0.25) is 5.95 Å². The van der Waals surface area contributed by atoms with Crippen LogP contribution in [0.3, 0.4) is 0 Å². The molecule has 0 fully saturated rings. The monoisotopic (exact) mass is 352 g/mol. The minimum atomic E-state index is 0.573. The number of nitrogens with zero attached hydrogens (tertiary/aromatic N) is 2. The Balaban J connectivity index is 2.27. The Labute approximate surface area is 132 Å². The molecular weight excluding hydrogens is 336 g/mol. The lowest BCUT2D eigenvalue weighted by Crippen LogP contribution is -2.04. The summed E-state index contributed by atoms with van der Waals surface area (Å²) in [6.45, 7) is 2.75. The standard InChI is InChI=1S/C14H17BrN4O2/c1-4-16-14-17-8-10(15)13(19-14)18-9-5-6-11(20-2)12(7-9)21-3/h5-8H,4H2,1-3H3,(H2,16,17,18,19). The molecule has 1 aromatic heterocycles. The van der Waals surface area contributed by atoms with E-state index in [0.717, 1.165) is 16.7 Å². The normalized spacial score (nSPS) is 10.1. The molecule has 0 aliphatic rings. The minimum Gasteiger partial charge on any atom is -0.493 e. The van der Waals surface area contributed by atoms with E-state index in [4.69, 9.17) is 9.47 Å². The summed E-state index contributed by atoms with van der Waals surface area (Å²) in [6.07, 6.45) is 1.70. The Kier molecular flexibility index (Phi) is 5.21. The fraction of sp³-hybridized carbons (Fsp3) is 0.286. The topological polar surface area (TPSA) is 68.3 Å². The number of rotatable bonds is 6. The van der Waals surface area contributed by atoms with Crippen molar-refractivity contribution in [2.75, 3.05) is 31.4 Å². The van der Waals surface area contributed by atoms with Gasteiger partial charge >= 0.3 is 0 Å². The number of hydrogen-bond acceptors (Lipinski definition) is 6. The second kappa shape index (κ2) is 7.12. The molecule has 0 spiro atoms. The molecule has 0 radical (unpaired) electrons. The van der Waals surface area contributed by atoms with Crippen LogP contribution in [-0.2, 0) is 0 Å². The first-order valence-corrected chi connectivity index (χ1v) is 7.22. The zero-order chi connectivity index (χ0) is 15.2. The first-order valence-electron chi connectivity index (χ1n) is 6.43. The van der Waals surface area contributed by atoms with Gasteiger partial charge in [0.15, 0.2) is 11.5 Å². The predicted octanol–water partition coefficient (Wildman–Crippen LogP) is 3.43. The van der Waals surface area contributed by atoms with Crippen LogP contribution in [0.5, 0.6) is 11.5 Å². The fourth-order valence-corrected chi connectivity index (χ4v) is 2.04. The van der Waals surface area contributed by atoms with Crippen molar-refractivity contribution in [1.29, 1.82) is 0 Å². The molecule has 2 N–H and O–H groups in total. The van der Waals surface area contributed by atoms with Crippen LogP contribution in [0.4, 0.5) is 17.5 Å². The second-order valence-electron chi connectivity index (χ2n) is 4.12. The quantitative estimate of drug-likeness (QED) is 0.829. The Morgan fingerprint density at radius 3 is 2.62 bits per heavy atom. The third-order valence-electron chi connectivity index (χ3n) is 2.73. The highest BCUT2D eigenvalue weighted by atomic mass is 79.9. The van der Waals surface area contributed by atoms with E-state index >= 15 is 0 Å². The van der Waals surface area contributed by atoms with E-state index in [1.807, 2.05) is 25.1 Å². The molecule has 21 heavy (non-hydrogen) atoms. The molecule has 0 bridgehead atoms. The van der Waals surface area contributed by atoms with Crippen molar-refractivity contribution >= 4 is 33.4 Å². The van der Waals surface area contributed by atoms with Crippen molar-refractivity contribution in [3.05, 3.63) is 28.9 Å². The smallest absolute Gasteiger partial charge is 0.224 e. The SMILES string of the molecule is CCNc1ncc(Br)c(Nc2ccc(OC)c(OC)c2)n1. The van der Waals surface area contributed by atoms with Crippen LogP contribution in [0.1, 0.15) is 6.92 Å². The number of ether oxygens (including phenoxy) is 2. The molecule has 112 valence electrons. The molecular formula is C14H17BrN4O2. The van der Waals surface area contributed by atoms with Gasteiger partial charge in [-0.05, 0) is 35.0 Å². The van der Waals surface area contributed by atoms with Crippen molar-refractivity contribution < 1.29 is 9.47 Å². The Bertz CT molecular complexity index is 622. The van der Waals surface area contributed by atoms with E-state index in [9.17, 15) is 0 Å². The molecule has 2 rings (SSSR count). The summed E-state index contributed by atoms with van der Waals surface area (Å²) in [7, 11) is 3.21. The van der Waals surface area contributed by atoms with Gasteiger partial charge in [-0.15, -0.1) is 0 Å². The molecule has 0 saturated carbocycles. The maximum atomic E-state index is 5.29. The molecule has 0 saturated heterocycles. The summed E-state index contributed by atoms with van der Waals surface area (Å²) in [5.74, 6) is 2.58. The first kappa shape index (κ1) is 15.4. The van der Waals surface area contributed by atoms with Gasteiger partial charge in [0, 0.05) is 24.5 Å². The first-order chi connectivity index (χ1) is 10.2. The lowest BCUT2D eigenvalue weighted by atomic mass is 10.2. The molecule has 0 amide bonds. The lowest BCUT2D eigenvalue weighted by Gasteiger charge is -2.12. The highest BCUT2D eigenvalue weighted by molar-refractivity contribution is 9.10. The maximum absolute atomic E-state index is 5.29. The van der Waals surface area contributed by atoms with Gasteiger partial charge in [-0.25, -0.2) is 4.98 Å². The highest BCUT2D eigenvalue weighted by Gasteiger charge is 2.08. The number of nitrogens with one attached hydrogen (secondary N) is 2. The third-order valence-corrected chi connectivity index (χ3v) is 3.31. The van der Waals surface area contributed by atoms with Crippen molar-refractivity contribution in [2.24, 2.45) is 0 Å². The summed E-state index contributed by atoms with van der Waals surface area (Å²) >= 11 is 3.43. The van der Waals surface area contributed by atoms with E-state index in [2.05, 4.69) is 36.5 Å². The van der Waals surface area contributed by atoms with Crippen LogP contribution in [0, 0.1) is 0 Å². The van der Waals surface area contributed by atoms with Gasteiger partial charge in [-0.2, -0.15) is 4.98 Å². The van der Waals surface area contributed by atoms with Crippen molar-refractivity contribution in [1.82, 2.24) is 9.97 Å². The van der Waals surface area contributed by atoms with Gasteiger partial charge in [-0.3, -0.25) is 0 Å². The summed E-state index contributed by atoms with van der Waals surface area (Å²) in [6, 6.07) is 5.57. The van der Waals surface area contributed by atoms with Gasteiger partial charge in [-0.1, -0.05) is 0 Å². The molecule has 1 heterocycles. The number of benzene rings is 1. The highest BCUT2D eigenvalue weighted by Crippen LogP contribution is 2.32. The molecule has 0 aliphatic carbocycles. The van der Waals surface area contributed by atoms with E-state index in [1.165, 1.54) is 0 Å². The fourth-order valence-electron chi connectivity index (χ4n) is 1.75. The molecule has 7 heteroatoms. The zero-order valence-corrected chi connectivity index (χ0v) is 13.7. The Hall–Kier alpha value is -2.02. The Morgan fingerprint density at radius 2 is 1.95 bits per heavy atom. The summed E-state index contributed by atoms with van der Waals surface area (Å²) in [5, 5.41) is 6.30. The predicted molar refractivity (Wildman–Crippen MR) is 86.7 cm³/mol. The van der Waals surface area contributed by atoms with E-state index in [-0.39, 0.29) is 0 Å². The number of methoxy groups -OCH3 is 2. The summed E-state index contributed by atoms with van der Waals surface area (Å²) in [4.78, 5) is 8.58. The van der Waals surface area contributed by atoms with Crippen LogP contribution >= 0.6 is 15.9 Å². The van der Waals surface area contributed by atoms with E-state index in [1.54, 1.807) is 20.4 Å². The van der Waals surface area contributed by atoms with Crippen LogP contribution in [0.2, 0.25) is 0 Å². The lowest BCUT2D eigenvalue weighted by molar-refractivity contribution is 0.355. The number of hydrogen-bond donors (Lipinski definition) is 2. The number of anilines is 3. The molecule has 2 aromatic rings. The average molecular weight is 353 g/mol. The van der Waals surface area contributed by atoms with Gasteiger partial charge in [0.25, 0.3) is 0 Å². The number of aromatic nitrogens is 2. The molecule has 1 aromatic carbocycles. The minimum absolute atomic E-state index is 0.573. The molecule has 0 atom stereocenters. The molecule has 0 aliphatic heterocycles. The van der Waals surface area contributed by atoms with Gasteiger partial charge in [0.1, 0.15) is 5.82 Å². The van der Waals surface area contributed by atoms with Crippen molar-refractivity contribution in [2.45, 2.75) is 6.92 Å². The second-order valence-corrected chi connectivity index (χ2v) is 4.97. The molecule has 0 unspecified atom stereocenters. The van der Waals surface area contributed by atoms with Crippen LogP contribution in [-0.4, -0.2) is 30.7 Å².